The van der Waals surface area contributed by atoms with Crippen molar-refractivity contribution >= 4 is 11.3 Å². The van der Waals surface area contributed by atoms with E-state index in [2.05, 4.69) is 36.3 Å². The summed E-state index contributed by atoms with van der Waals surface area (Å²) in [6.45, 7) is 4.34. The summed E-state index contributed by atoms with van der Waals surface area (Å²) in [6, 6.07) is 1.08. The molecule has 0 bridgehead atoms. The van der Waals surface area contributed by atoms with Gasteiger partial charge in [0, 0.05) is 17.1 Å². The first kappa shape index (κ1) is 10.5. The second-order valence-corrected chi connectivity index (χ2v) is 6.31. The molecule has 3 rings (SSSR count). The minimum Gasteiger partial charge on any atom is -0.305 e. The fraction of sp³-hybridized carbons (Fsp3) is 0.615. The van der Waals surface area contributed by atoms with Crippen molar-refractivity contribution in [3.63, 3.8) is 0 Å². The fourth-order valence-electron chi connectivity index (χ4n) is 2.87. The lowest BCUT2D eigenvalue weighted by Crippen LogP contribution is -2.48. The molecule has 0 aliphatic heterocycles. The Labute approximate surface area is 101 Å². The summed E-state index contributed by atoms with van der Waals surface area (Å²) in [5.74, 6) is 1.73. The van der Waals surface area contributed by atoms with Crippen LogP contribution in [0.1, 0.15) is 35.7 Å². The third-order valence-corrected chi connectivity index (χ3v) is 4.93. The third kappa shape index (κ3) is 1.72. The molecule has 1 saturated carbocycles. The van der Waals surface area contributed by atoms with Crippen LogP contribution in [-0.2, 0) is 0 Å². The highest BCUT2D eigenvalue weighted by Gasteiger charge is 2.41. The van der Waals surface area contributed by atoms with E-state index in [0.717, 1.165) is 11.8 Å². The van der Waals surface area contributed by atoms with Gasteiger partial charge in [-0.15, -0.1) is 11.3 Å². The van der Waals surface area contributed by atoms with Crippen LogP contribution in [0.3, 0.4) is 0 Å². The summed E-state index contributed by atoms with van der Waals surface area (Å²) >= 11 is 1.81. The zero-order valence-corrected chi connectivity index (χ0v) is 10.6. The highest BCUT2D eigenvalue weighted by Crippen LogP contribution is 2.43. The van der Waals surface area contributed by atoms with Gasteiger partial charge in [0.05, 0.1) is 6.04 Å². The standard InChI is InChI=1S/C13H18N2S/c1-8-7-14-13(16-8)9(2)15-12-6-10-4-3-5-11(10)12/h3,5,7,9-12,15H,4,6H2,1-2H3. The van der Waals surface area contributed by atoms with Gasteiger partial charge in [-0.2, -0.15) is 0 Å². The Morgan fingerprint density at radius 2 is 2.44 bits per heavy atom. The zero-order chi connectivity index (χ0) is 11.1. The Morgan fingerprint density at radius 3 is 3.12 bits per heavy atom. The van der Waals surface area contributed by atoms with Crippen molar-refractivity contribution in [1.29, 1.82) is 0 Å². The first-order chi connectivity index (χ1) is 7.74. The van der Waals surface area contributed by atoms with Crippen molar-refractivity contribution in [3.8, 4) is 0 Å². The number of nitrogens with zero attached hydrogens (tertiary/aromatic N) is 1. The van der Waals surface area contributed by atoms with Crippen LogP contribution in [0.15, 0.2) is 18.3 Å². The van der Waals surface area contributed by atoms with E-state index in [1.165, 1.54) is 22.7 Å². The first-order valence-electron chi connectivity index (χ1n) is 6.09. The number of allylic oxidation sites excluding steroid dienone is 1. The average molecular weight is 234 g/mol. The molecule has 2 nitrogen and oxygen atoms in total. The van der Waals surface area contributed by atoms with E-state index in [1.54, 1.807) is 11.3 Å². The maximum Gasteiger partial charge on any atom is 0.109 e. The summed E-state index contributed by atoms with van der Waals surface area (Å²) in [5, 5.41) is 4.94. The monoisotopic (exact) mass is 234 g/mol. The summed E-state index contributed by atoms with van der Waals surface area (Å²) < 4.78 is 0. The number of aromatic nitrogens is 1. The number of hydrogen-bond acceptors (Lipinski definition) is 3. The van der Waals surface area contributed by atoms with E-state index >= 15 is 0 Å². The Bertz CT molecular complexity index is 410. The van der Waals surface area contributed by atoms with Gasteiger partial charge in [-0.25, -0.2) is 4.98 Å². The molecule has 1 aromatic heterocycles. The molecule has 0 amide bonds. The fourth-order valence-corrected chi connectivity index (χ4v) is 3.66. The van der Waals surface area contributed by atoms with Gasteiger partial charge in [-0.3, -0.25) is 0 Å². The molecule has 1 heterocycles. The highest BCUT2D eigenvalue weighted by atomic mass is 32.1. The van der Waals surface area contributed by atoms with Crippen LogP contribution in [0.4, 0.5) is 0 Å². The van der Waals surface area contributed by atoms with Gasteiger partial charge >= 0.3 is 0 Å². The van der Waals surface area contributed by atoms with E-state index in [-0.39, 0.29) is 0 Å². The van der Waals surface area contributed by atoms with Crippen molar-refractivity contribution in [3.05, 3.63) is 28.2 Å². The lowest BCUT2D eigenvalue weighted by atomic mass is 9.71. The minimum atomic E-state index is 0.402. The summed E-state index contributed by atoms with van der Waals surface area (Å²) in [7, 11) is 0. The van der Waals surface area contributed by atoms with Crippen molar-refractivity contribution in [2.75, 3.05) is 0 Å². The van der Waals surface area contributed by atoms with E-state index in [1.807, 2.05) is 6.20 Å². The average Bonchev–Trinajstić information content (AvgIpc) is 2.81. The smallest absolute Gasteiger partial charge is 0.109 e. The Morgan fingerprint density at radius 1 is 1.56 bits per heavy atom. The predicted molar refractivity (Wildman–Crippen MR) is 67.5 cm³/mol. The maximum atomic E-state index is 4.45. The maximum absolute atomic E-state index is 4.45. The van der Waals surface area contributed by atoms with Gasteiger partial charge in [0.15, 0.2) is 0 Å². The number of rotatable bonds is 3. The molecular formula is C13H18N2S. The number of nitrogens with one attached hydrogen (secondary N) is 1. The molecule has 16 heavy (non-hydrogen) atoms. The van der Waals surface area contributed by atoms with E-state index in [9.17, 15) is 0 Å². The van der Waals surface area contributed by atoms with Gasteiger partial charge in [0.25, 0.3) is 0 Å². The quantitative estimate of drug-likeness (QED) is 0.813. The summed E-state index contributed by atoms with van der Waals surface area (Å²) in [5.41, 5.74) is 0. The minimum absolute atomic E-state index is 0.402. The summed E-state index contributed by atoms with van der Waals surface area (Å²) in [4.78, 5) is 5.75. The van der Waals surface area contributed by atoms with Crippen molar-refractivity contribution in [2.45, 2.75) is 38.8 Å². The van der Waals surface area contributed by atoms with E-state index in [0.29, 0.717) is 12.1 Å². The van der Waals surface area contributed by atoms with Crippen molar-refractivity contribution in [2.24, 2.45) is 11.8 Å². The van der Waals surface area contributed by atoms with E-state index < -0.39 is 0 Å². The molecule has 0 spiro atoms. The second-order valence-electron chi connectivity index (χ2n) is 5.04. The third-order valence-electron chi connectivity index (χ3n) is 3.84. The van der Waals surface area contributed by atoms with Gasteiger partial charge in [-0.1, -0.05) is 12.2 Å². The topological polar surface area (TPSA) is 24.9 Å². The molecule has 1 N–H and O–H groups in total. The molecule has 3 heteroatoms. The van der Waals surface area contributed by atoms with Crippen LogP contribution in [-0.4, -0.2) is 11.0 Å². The molecule has 1 aromatic rings. The largest absolute Gasteiger partial charge is 0.305 e. The van der Waals surface area contributed by atoms with Gasteiger partial charge in [0.2, 0.25) is 0 Å². The molecule has 4 unspecified atom stereocenters. The lowest BCUT2D eigenvalue weighted by Gasteiger charge is -2.42. The molecule has 0 radical (unpaired) electrons. The molecule has 1 fully saturated rings. The van der Waals surface area contributed by atoms with Crippen LogP contribution >= 0.6 is 11.3 Å². The predicted octanol–water partition coefficient (Wildman–Crippen LogP) is 3.07. The van der Waals surface area contributed by atoms with E-state index in [4.69, 9.17) is 0 Å². The normalized spacial score (nSPS) is 33.5. The Kier molecular flexibility index (Phi) is 2.60. The molecule has 2 aliphatic rings. The van der Waals surface area contributed by atoms with Gasteiger partial charge in [0.1, 0.15) is 5.01 Å². The number of thiazole rings is 1. The first-order valence-corrected chi connectivity index (χ1v) is 6.90. The number of aryl methyl sites for hydroxylation is 1. The molecule has 0 saturated heterocycles. The second kappa shape index (κ2) is 3.97. The zero-order valence-electron chi connectivity index (χ0n) is 9.81. The number of hydrogen-bond donors (Lipinski definition) is 1. The Hall–Kier alpha value is -0.670. The van der Waals surface area contributed by atoms with Crippen LogP contribution in [0.2, 0.25) is 0 Å². The lowest BCUT2D eigenvalue weighted by molar-refractivity contribution is 0.152. The molecule has 2 aliphatic carbocycles. The molecule has 86 valence electrons. The summed E-state index contributed by atoms with van der Waals surface area (Å²) in [6.07, 6.45) is 9.35. The molecular weight excluding hydrogens is 216 g/mol. The Balaban J connectivity index is 1.61. The number of fused-ring (bicyclic) bond motifs is 1. The molecule has 4 atom stereocenters. The van der Waals surface area contributed by atoms with Crippen molar-refractivity contribution < 1.29 is 0 Å². The van der Waals surface area contributed by atoms with Crippen LogP contribution in [0.25, 0.3) is 0 Å². The van der Waals surface area contributed by atoms with Crippen LogP contribution in [0, 0.1) is 18.8 Å². The van der Waals surface area contributed by atoms with Crippen molar-refractivity contribution in [1.82, 2.24) is 10.3 Å². The van der Waals surface area contributed by atoms with Crippen LogP contribution in [0.5, 0.6) is 0 Å². The van der Waals surface area contributed by atoms with Gasteiger partial charge in [-0.05, 0) is 38.5 Å². The SMILES string of the molecule is Cc1cnc(C(C)NC2CC3CC=CC32)s1. The highest BCUT2D eigenvalue weighted by molar-refractivity contribution is 7.11. The molecule has 0 aromatic carbocycles. The van der Waals surface area contributed by atoms with Gasteiger partial charge < -0.3 is 5.32 Å². The van der Waals surface area contributed by atoms with Crippen LogP contribution < -0.4 is 5.32 Å².